The monoisotopic (exact) mass is 515 g/mol. The van der Waals surface area contributed by atoms with Crippen LogP contribution in [0.25, 0.3) is 17.0 Å². The standard InChI is InChI=1S/C28H25N3O5S/c1-5-36-27(34)23-16(3)29-28-31(24(23)17-8-6-15(2)7-9-17)26(33)22(37-28)13-19-12-18-10-11-20(35-4)14-21(18)30-25(19)32/h6-14,24H,5H2,1-4H3,(H,30,32)/b22-13-/t24-/m1/s1. The molecule has 2 aromatic heterocycles. The van der Waals surface area contributed by atoms with E-state index in [4.69, 9.17) is 9.47 Å². The predicted octanol–water partition coefficient (Wildman–Crippen LogP) is 2.96. The summed E-state index contributed by atoms with van der Waals surface area (Å²) >= 11 is 1.18. The van der Waals surface area contributed by atoms with E-state index in [-0.39, 0.29) is 17.7 Å². The number of aromatic nitrogens is 2. The molecule has 1 aliphatic heterocycles. The van der Waals surface area contributed by atoms with E-state index in [1.54, 1.807) is 45.2 Å². The number of H-pyrrole nitrogens is 1. The summed E-state index contributed by atoms with van der Waals surface area (Å²) in [6, 6.07) is 14.1. The maximum absolute atomic E-state index is 13.7. The van der Waals surface area contributed by atoms with Crippen molar-refractivity contribution < 1.29 is 14.3 Å². The van der Waals surface area contributed by atoms with Gasteiger partial charge in [0.05, 0.1) is 41.1 Å². The van der Waals surface area contributed by atoms with Gasteiger partial charge in [-0.3, -0.25) is 14.2 Å². The molecule has 188 valence electrons. The zero-order valence-corrected chi connectivity index (χ0v) is 21.6. The highest BCUT2D eigenvalue weighted by Crippen LogP contribution is 2.30. The fourth-order valence-corrected chi connectivity index (χ4v) is 5.47. The van der Waals surface area contributed by atoms with Crippen molar-refractivity contribution in [3.63, 3.8) is 0 Å². The van der Waals surface area contributed by atoms with Gasteiger partial charge >= 0.3 is 5.97 Å². The molecule has 0 amide bonds. The van der Waals surface area contributed by atoms with Crippen LogP contribution in [0.1, 0.15) is 36.6 Å². The van der Waals surface area contributed by atoms with Crippen molar-refractivity contribution >= 4 is 34.3 Å². The molecule has 4 aromatic rings. The molecular weight excluding hydrogens is 490 g/mol. The molecule has 1 aliphatic rings. The maximum atomic E-state index is 13.7. The average molecular weight is 516 g/mol. The van der Waals surface area contributed by atoms with Crippen molar-refractivity contribution in [1.82, 2.24) is 9.55 Å². The number of pyridine rings is 1. The second kappa shape index (κ2) is 9.67. The summed E-state index contributed by atoms with van der Waals surface area (Å²) < 4.78 is 12.4. The van der Waals surface area contributed by atoms with Crippen molar-refractivity contribution in [3.8, 4) is 5.75 Å². The molecule has 9 heteroatoms. The number of methoxy groups -OCH3 is 1. The molecule has 1 N–H and O–H groups in total. The van der Waals surface area contributed by atoms with Crippen LogP contribution in [-0.4, -0.2) is 29.2 Å². The molecule has 1 atom stereocenters. The van der Waals surface area contributed by atoms with Gasteiger partial charge in [0.1, 0.15) is 5.75 Å². The van der Waals surface area contributed by atoms with Crippen molar-refractivity contribution in [3.05, 3.63) is 107 Å². The number of ether oxygens (including phenoxy) is 2. The third kappa shape index (κ3) is 4.42. The Morgan fingerprint density at radius 1 is 1.14 bits per heavy atom. The number of nitrogens with one attached hydrogen (secondary N) is 1. The Hall–Kier alpha value is -4.24. The van der Waals surface area contributed by atoms with E-state index in [9.17, 15) is 14.4 Å². The fraction of sp³-hybridized carbons (Fsp3) is 0.214. The smallest absolute Gasteiger partial charge is 0.338 e. The van der Waals surface area contributed by atoms with Gasteiger partial charge in [-0.05, 0) is 56.0 Å². The van der Waals surface area contributed by atoms with E-state index in [0.29, 0.717) is 37.4 Å². The van der Waals surface area contributed by atoms with E-state index in [0.717, 1.165) is 16.5 Å². The number of aromatic amines is 1. The topological polar surface area (TPSA) is 103 Å². The number of hydrogen-bond donors (Lipinski definition) is 1. The van der Waals surface area contributed by atoms with Crippen LogP contribution in [0.2, 0.25) is 0 Å². The molecular formula is C28H25N3O5S. The summed E-state index contributed by atoms with van der Waals surface area (Å²) in [5.74, 6) is 0.123. The Morgan fingerprint density at radius 3 is 2.59 bits per heavy atom. The molecule has 0 saturated carbocycles. The molecule has 2 aromatic carbocycles. The molecule has 0 bridgehead atoms. The van der Waals surface area contributed by atoms with Gasteiger partial charge in [-0.15, -0.1) is 0 Å². The number of carbonyl (C=O) groups excluding carboxylic acids is 1. The molecule has 5 rings (SSSR count). The fourth-order valence-electron chi connectivity index (χ4n) is 4.43. The van der Waals surface area contributed by atoms with E-state index < -0.39 is 12.0 Å². The SMILES string of the molecule is CCOC(=O)C1=C(C)N=c2s/c(=C\c3cc4ccc(OC)cc4[nH]c3=O)c(=O)n2[C@@H]1c1ccc(C)cc1. The van der Waals surface area contributed by atoms with E-state index in [1.165, 1.54) is 15.9 Å². The van der Waals surface area contributed by atoms with Crippen LogP contribution in [0.5, 0.6) is 5.75 Å². The first kappa shape index (κ1) is 24.5. The third-order valence-electron chi connectivity index (χ3n) is 6.28. The lowest BCUT2D eigenvalue weighted by Gasteiger charge is -2.24. The van der Waals surface area contributed by atoms with E-state index in [1.807, 2.05) is 37.3 Å². The number of rotatable bonds is 5. The molecule has 0 unspecified atom stereocenters. The van der Waals surface area contributed by atoms with E-state index in [2.05, 4.69) is 9.98 Å². The van der Waals surface area contributed by atoms with Crippen LogP contribution in [0.3, 0.4) is 0 Å². The van der Waals surface area contributed by atoms with Crippen LogP contribution in [0.4, 0.5) is 0 Å². The Morgan fingerprint density at radius 2 is 1.89 bits per heavy atom. The number of benzene rings is 2. The second-order valence-electron chi connectivity index (χ2n) is 8.72. The van der Waals surface area contributed by atoms with Crippen LogP contribution >= 0.6 is 11.3 Å². The number of allylic oxidation sites excluding steroid dienone is 1. The summed E-state index contributed by atoms with van der Waals surface area (Å²) in [6.45, 7) is 5.66. The van der Waals surface area contributed by atoms with Gasteiger partial charge in [0.25, 0.3) is 11.1 Å². The molecule has 0 aliphatic carbocycles. The van der Waals surface area contributed by atoms with Crippen LogP contribution in [-0.2, 0) is 9.53 Å². The second-order valence-corrected chi connectivity index (χ2v) is 9.73. The molecule has 0 radical (unpaired) electrons. The van der Waals surface area contributed by atoms with E-state index >= 15 is 0 Å². The minimum Gasteiger partial charge on any atom is -0.497 e. The summed E-state index contributed by atoms with van der Waals surface area (Å²) in [7, 11) is 1.56. The molecule has 3 heterocycles. The molecule has 37 heavy (non-hydrogen) atoms. The Balaban J connectivity index is 1.71. The minimum absolute atomic E-state index is 0.206. The zero-order chi connectivity index (χ0) is 26.3. The highest BCUT2D eigenvalue weighted by Gasteiger charge is 2.33. The van der Waals surface area contributed by atoms with Crippen molar-refractivity contribution in [2.24, 2.45) is 4.99 Å². The first-order valence-corrected chi connectivity index (χ1v) is 12.6. The Bertz CT molecular complexity index is 1810. The Labute approximate surface area is 215 Å². The van der Waals surface area contributed by atoms with Crippen molar-refractivity contribution in [2.45, 2.75) is 26.8 Å². The maximum Gasteiger partial charge on any atom is 0.338 e. The summed E-state index contributed by atoms with van der Waals surface area (Å²) in [5.41, 5.74) is 2.96. The normalized spacial score (nSPS) is 15.5. The number of fused-ring (bicyclic) bond motifs is 2. The summed E-state index contributed by atoms with van der Waals surface area (Å²) in [6.07, 6.45) is 1.57. The van der Waals surface area contributed by atoms with Crippen molar-refractivity contribution in [1.29, 1.82) is 0 Å². The number of thiazole rings is 1. The third-order valence-corrected chi connectivity index (χ3v) is 7.26. The molecule has 0 spiro atoms. The quantitative estimate of drug-likeness (QED) is 0.412. The lowest BCUT2D eigenvalue weighted by Crippen LogP contribution is -2.40. The minimum atomic E-state index is -0.694. The lowest BCUT2D eigenvalue weighted by atomic mass is 9.95. The number of aryl methyl sites for hydroxylation is 1. The number of carbonyl (C=O) groups is 1. The van der Waals surface area contributed by atoms with Gasteiger partial charge < -0.3 is 14.5 Å². The summed E-state index contributed by atoms with van der Waals surface area (Å²) in [4.78, 5) is 47.5. The first-order chi connectivity index (χ1) is 17.8. The average Bonchev–Trinajstić information content (AvgIpc) is 3.18. The number of hydrogen-bond acceptors (Lipinski definition) is 7. The van der Waals surface area contributed by atoms with Crippen LogP contribution in [0.15, 0.2) is 74.4 Å². The highest BCUT2D eigenvalue weighted by molar-refractivity contribution is 7.07. The van der Waals surface area contributed by atoms with Gasteiger partial charge in [-0.2, -0.15) is 0 Å². The summed E-state index contributed by atoms with van der Waals surface area (Å²) in [5, 5.41) is 0.803. The number of esters is 1. The van der Waals surface area contributed by atoms with Crippen LogP contribution in [0, 0.1) is 6.92 Å². The van der Waals surface area contributed by atoms with Crippen molar-refractivity contribution in [2.75, 3.05) is 13.7 Å². The zero-order valence-electron chi connectivity index (χ0n) is 20.8. The first-order valence-electron chi connectivity index (χ1n) is 11.8. The predicted molar refractivity (Wildman–Crippen MR) is 143 cm³/mol. The van der Waals surface area contributed by atoms with Gasteiger partial charge in [0.2, 0.25) is 0 Å². The molecule has 0 saturated heterocycles. The van der Waals surface area contributed by atoms with Crippen LogP contribution < -0.4 is 25.2 Å². The van der Waals surface area contributed by atoms with Gasteiger partial charge in [-0.25, -0.2) is 9.79 Å². The van der Waals surface area contributed by atoms with Gasteiger partial charge in [0.15, 0.2) is 4.80 Å². The van der Waals surface area contributed by atoms with Gasteiger partial charge in [-0.1, -0.05) is 41.2 Å². The molecule has 8 nitrogen and oxygen atoms in total. The van der Waals surface area contributed by atoms with Gasteiger partial charge in [0, 0.05) is 11.6 Å². The lowest BCUT2D eigenvalue weighted by molar-refractivity contribution is -0.139. The molecule has 0 fully saturated rings. The highest BCUT2D eigenvalue weighted by atomic mass is 32.1. The Kier molecular flexibility index (Phi) is 6.39. The number of nitrogens with zero attached hydrogens (tertiary/aromatic N) is 2. The largest absolute Gasteiger partial charge is 0.497 e.